The molecule has 1 aliphatic heterocycles. The number of hydrogen-bond donors (Lipinski definition) is 1. The molecular formula is C14H20ClN3O2. The smallest absolute Gasteiger partial charge is 0.254 e. The van der Waals surface area contributed by atoms with Crippen LogP contribution in [0.2, 0.25) is 5.15 Å². The predicted octanol–water partition coefficient (Wildman–Crippen LogP) is 2.42. The molecule has 0 bridgehead atoms. The summed E-state index contributed by atoms with van der Waals surface area (Å²) >= 11 is 5.95. The zero-order valence-electron chi connectivity index (χ0n) is 12.2. The maximum Gasteiger partial charge on any atom is 0.254 e. The van der Waals surface area contributed by atoms with E-state index in [1.807, 2.05) is 20.8 Å². The summed E-state index contributed by atoms with van der Waals surface area (Å²) in [4.78, 5) is 18.5. The topological polar surface area (TPSA) is 54.5 Å². The number of rotatable bonds is 2. The number of hydrogen-bond acceptors (Lipinski definition) is 4. The van der Waals surface area contributed by atoms with Gasteiger partial charge in [-0.25, -0.2) is 4.98 Å². The van der Waals surface area contributed by atoms with E-state index in [4.69, 9.17) is 16.3 Å². The van der Waals surface area contributed by atoms with Crippen LogP contribution in [-0.4, -0.2) is 47.6 Å². The van der Waals surface area contributed by atoms with Gasteiger partial charge in [0.05, 0.1) is 11.7 Å². The standard InChI is InChI=1S/C14H20ClN3O2/c1-9-7-18(8-14(2,3)20-9)13(19)10-5-11(15)17-12(6-10)16-4/h5-6,9H,7-8H2,1-4H3,(H,16,17). The van der Waals surface area contributed by atoms with E-state index in [1.54, 1.807) is 24.1 Å². The van der Waals surface area contributed by atoms with E-state index in [0.29, 0.717) is 29.6 Å². The number of halogens is 1. The molecule has 0 aliphatic carbocycles. The Bertz CT molecular complexity index is 519. The van der Waals surface area contributed by atoms with Crippen LogP contribution in [0, 0.1) is 0 Å². The highest BCUT2D eigenvalue weighted by Crippen LogP contribution is 2.23. The Morgan fingerprint density at radius 3 is 2.85 bits per heavy atom. The lowest BCUT2D eigenvalue weighted by molar-refractivity contribution is -0.118. The van der Waals surface area contributed by atoms with Gasteiger partial charge in [-0.15, -0.1) is 0 Å². The molecule has 1 N–H and O–H groups in total. The number of carbonyl (C=O) groups excluding carboxylic acids is 1. The van der Waals surface area contributed by atoms with Gasteiger partial charge in [-0.05, 0) is 32.9 Å². The number of aromatic nitrogens is 1. The summed E-state index contributed by atoms with van der Waals surface area (Å²) < 4.78 is 5.81. The fourth-order valence-electron chi connectivity index (χ4n) is 2.54. The lowest BCUT2D eigenvalue weighted by Crippen LogP contribution is -2.53. The molecule has 1 atom stereocenters. The van der Waals surface area contributed by atoms with Crippen LogP contribution in [0.5, 0.6) is 0 Å². The summed E-state index contributed by atoms with van der Waals surface area (Å²) in [7, 11) is 1.74. The van der Waals surface area contributed by atoms with Crippen molar-refractivity contribution in [3.8, 4) is 0 Å². The van der Waals surface area contributed by atoms with Crippen molar-refractivity contribution in [3.63, 3.8) is 0 Å². The number of anilines is 1. The van der Waals surface area contributed by atoms with Crippen LogP contribution in [0.4, 0.5) is 5.82 Å². The summed E-state index contributed by atoms with van der Waals surface area (Å²) in [5, 5.41) is 3.21. The van der Waals surface area contributed by atoms with Crippen molar-refractivity contribution in [2.24, 2.45) is 0 Å². The largest absolute Gasteiger partial charge is 0.373 e. The van der Waals surface area contributed by atoms with Crippen LogP contribution in [0.25, 0.3) is 0 Å². The van der Waals surface area contributed by atoms with Crippen molar-refractivity contribution in [3.05, 3.63) is 22.8 Å². The van der Waals surface area contributed by atoms with E-state index in [9.17, 15) is 4.79 Å². The average molecular weight is 298 g/mol. The molecule has 0 spiro atoms. The highest BCUT2D eigenvalue weighted by atomic mass is 35.5. The molecular weight excluding hydrogens is 278 g/mol. The fraction of sp³-hybridized carbons (Fsp3) is 0.571. The second-order valence-corrected chi connectivity index (χ2v) is 6.07. The Balaban J connectivity index is 2.24. The molecule has 110 valence electrons. The van der Waals surface area contributed by atoms with Gasteiger partial charge in [0.15, 0.2) is 0 Å². The summed E-state index contributed by atoms with van der Waals surface area (Å²) in [6.07, 6.45) is 0.0174. The molecule has 1 aromatic heterocycles. The van der Waals surface area contributed by atoms with Gasteiger partial charge in [-0.3, -0.25) is 4.79 Å². The van der Waals surface area contributed by atoms with E-state index < -0.39 is 0 Å². The van der Waals surface area contributed by atoms with Crippen LogP contribution >= 0.6 is 11.6 Å². The summed E-state index contributed by atoms with van der Waals surface area (Å²) in [5.74, 6) is 0.537. The van der Waals surface area contributed by atoms with Gasteiger partial charge in [0, 0.05) is 25.7 Å². The minimum absolute atomic E-state index is 0.0174. The lowest BCUT2D eigenvalue weighted by atomic mass is 10.0. The van der Waals surface area contributed by atoms with E-state index >= 15 is 0 Å². The molecule has 0 radical (unpaired) electrons. The Kier molecular flexibility index (Phi) is 4.20. The highest BCUT2D eigenvalue weighted by Gasteiger charge is 2.34. The maximum absolute atomic E-state index is 12.6. The molecule has 0 aromatic carbocycles. The number of pyridine rings is 1. The molecule has 6 heteroatoms. The predicted molar refractivity (Wildman–Crippen MR) is 79.3 cm³/mol. The normalized spacial score (nSPS) is 21.6. The minimum Gasteiger partial charge on any atom is -0.373 e. The monoisotopic (exact) mass is 297 g/mol. The van der Waals surface area contributed by atoms with Gasteiger partial charge in [0.2, 0.25) is 0 Å². The summed E-state index contributed by atoms with van der Waals surface area (Å²) in [5.41, 5.74) is 0.204. The molecule has 1 fully saturated rings. The third-order valence-electron chi connectivity index (χ3n) is 3.15. The Labute approximate surface area is 124 Å². The first-order chi connectivity index (χ1) is 9.30. The van der Waals surface area contributed by atoms with E-state index in [-0.39, 0.29) is 17.6 Å². The van der Waals surface area contributed by atoms with Crippen LogP contribution in [0.3, 0.4) is 0 Å². The van der Waals surface area contributed by atoms with Crippen LogP contribution in [0.15, 0.2) is 12.1 Å². The van der Waals surface area contributed by atoms with Crippen LogP contribution in [0.1, 0.15) is 31.1 Å². The molecule has 1 amide bonds. The third kappa shape index (κ3) is 3.41. The number of nitrogens with one attached hydrogen (secondary N) is 1. The first-order valence-corrected chi connectivity index (χ1v) is 7.01. The van der Waals surface area contributed by atoms with E-state index in [0.717, 1.165) is 0 Å². The van der Waals surface area contributed by atoms with Crippen molar-refractivity contribution in [2.75, 3.05) is 25.5 Å². The third-order valence-corrected chi connectivity index (χ3v) is 3.35. The summed E-state index contributed by atoms with van der Waals surface area (Å²) in [6.45, 7) is 7.09. The SMILES string of the molecule is CNc1cc(C(=O)N2CC(C)OC(C)(C)C2)cc(Cl)n1. The molecule has 0 saturated carbocycles. The van der Waals surface area contributed by atoms with Crippen molar-refractivity contribution in [1.82, 2.24) is 9.88 Å². The number of morpholine rings is 1. The maximum atomic E-state index is 12.6. The molecule has 2 heterocycles. The molecule has 1 aromatic rings. The Hall–Kier alpha value is -1.33. The Morgan fingerprint density at radius 1 is 1.55 bits per heavy atom. The quantitative estimate of drug-likeness (QED) is 0.852. The van der Waals surface area contributed by atoms with Gasteiger partial charge in [-0.1, -0.05) is 11.6 Å². The van der Waals surface area contributed by atoms with Crippen molar-refractivity contribution < 1.29 is 9.53 Å². The lowest BCUT2D eigenvalue weighted by Gasteiger charge is -2.41. The number of ether oxygens (including phenoxy) is 1. The highest BCUT2D eigenvalue weighted by molar-refractivity contribution is 6.29. The second kappa shape index (κ2) is 5.58. The van der Waals surface area contributed by atoms with E-state index in [2.05, 4.69) is 10.3 Å². The fourth-order valence-corrected chi connectivity index (χ4v) is 2.75. The molecule has 1 saturated heterocycles. The van der Waals surface area contributed by atoms with Gasteiger partial charge in [-0.2, -0.15) is 0 Å². The van der Waals surface area contributed by atoms with Gasteiger partial charge < -0.3 is 15.0 Å². The summed E-state index contributed by atoms with van der Waals surface area (Å²) in [6, 6.07) is 3.30. The van der Waals surface area contributed by atoms with Gasteiger partial charge in [0.1, 0.15) is 11.0 Å². The van der Waals surface area contributed by atoms with Crippen LogP contribution < -0.4 is 5.32 Å². The number of nitrogens with zero attached hydrogens (tertiary/aromatic N) is 2. The van der Waals surface area contributed by atoms with Crippen molar-refractivity contribution in [1.29, 1.82) is 0 Å². The molecule has 5 nitrogen and oxygen atoms in total. The van der Waals surface area contributed by atoms with E-state index in [1.165, 1.54) is 0 Å². The Morgan fingerprint density at radius 2 is 2.25 bits per heavy atom. The molecule has 2 rings (SSSR count). The molecule has 1 unspecified atom stereocenters. The first-order valence-electron chi connectivity index (χ1n) is 6.63. The second-order valence-electron chi connectivity index (χ2n) is 5.69. The van der Waals surface area contributed by atoms with Gasteiger partial charge in [0.25, 0.3) is 5.91 Å². The molecule has 1 aliphatic rings. The van der Waals surface area contributed by atoms with Crippen molar-refractivity contribution in [2.45, 2.75) is 32.5 Å². The van der Waals surface area contributed by atoms with Gasteiger partial charge >= 0.3 is 0 Å². The number of carbonyl (C=O) groups is 1. The first kappa shape index (κ1) is 15.1. The number of amides is 1. The van der Waals surface area contributed by atoms with Crippen LogP contribution in [-0.2, 0) is 4.74 Å². The minimum atomic E-state index is -0.337. The van der Waals surface area contributed by atoms with Crippen molar-refractivity contribution >= 4 is 23.3 Å². The average Bonchev–Trinajstić information content (AvgIpc) is 2.34. The molecule has 20 heavy (non-hydrogen) atoms. The zero-order valence-corrected chi connectivity index (χ0v) is 13.0. The zero-order chi connectivity index (χ0) is 14.9.